The lowest BCUT2D eigenvalue weighted by atomic mass is 10.2. The number of hydrogen-bond donors (Lipinski definition) is 3. The molecule has 0 fully saturated rings. The first-order valence-corrected chi connectivity index (χ1v) is 9.44. The third-order valence-corrected chi connectivity index (χ3v) is 4.64. The number of anilines is 1. The number of aromatic nitrogens is 3. The van der Waals surface area contributed by atoms with Gasteiger partial charge in [-0.2, -0.15) is 0 Å². The van der Waals surface area contributed by atoms with Gasteiger partial charge in [-0.05, 0) is 42.0 Å². The lowest BCUT2D eigenvalue weighted by Gasteiger charge is -2.10. The molecule has 0 unspecified atom stereocenters. The molecule has 0 aliphatic carbocycles. The van der Waals surface area contributed by atoms with E-state index in [1.807, 2.05) is 0 Å². The smallest absolute Gasteiger partial charge is 0.257 e. The first-order valence-electron chi connectivity index (χ1n) is 9.44. The number of rotatable bonds is 6. The number of carbonyl (C=O) groups is 2. The molecular formula is C22H18FN5O3. The van der Waals surface area contributed by atoms with Crippen molar-refractivity contribution in [3.8, 4) is 0 Å². The van der Waals surface area contributed by atoms with Gasteiger partial charge in [0, 0.05) is 24.5 Å². The fourth-order valence-electron chi connectivity index (χ4n) is 3.02. The highest BCUT2D eigenvalue weighted by atomic mass is 19.1. The van der Waals surface area contributed by atoms with Gasteiger partial charge in [-0.3, -0.25) is 14.4 Å². The van der Waals surface area contributed by atoms with Gasteiger partial charge in [-0.25, -0.2) is 9.37 Å². The van der Waals surface area contributed by atoms with E-state index in [9.17, 15) is 18.8 Å². The second kappa shape index (κ2) is 8.62. The van der Waals surface area contributed by atoms with E-state index in [2.05, 4.69) is 20.6 Å². The minimum absolute atomic E-state index is 0.199. The Morgan fingerprint density at radius 1 is 1.06 bits per heavy atom. The van der Waals surface area contributed by atoms with E-state index in [1.165, 1.54) is 30.5 Å². The highest BCUT2D eigenvalue weighted by molar-refractivity contribution is 6.04. The Labute approximate surface area is 175 Å². The molecule has 4 rings (SSSR count). The van der Waals surface area contributed by atoms with Crippen LogP contribution in [0.5, 0.6) is 0 Å². The zero-order valence-electron chi connectivity index (χ0n) is 16.3. The molecule has 9 heteroatoms. The highest BCUT2D eigenvalue weighted by Crippen LogP contribution is 2.16. The standard InChI is InChI=1S/C22H18FN5O3/c23-16-4-1-14(2-5-16)10-24-20(29)12-28-11-15(3-8-21(28)30)22(31)27-17-6-7-18-19(9-17)26-13-25-18/h1-9,11,13H,10,12H2,(H,24,29)(H,25,26)(H,27,31). The summed E-state index contributed by atoms with van der Waals surface area (Å²) in [5, 5.41) is 5.42. The van der Waals surface area contributed by atoms with Crippen LogP contribution >= 0.6 is 0 Å². The Balaban J connectivity index is 1.42. The van der Waals surface area contributed by atoms with Crippen LogP contribution in [-0.2, 0) is 17.9 Å². The number of aromatic amines is 1. The van der Waals surface area contributed by atoms with Crippen molar-refractivity contribution in [2.24, 2.45) is 0 Å². The summed E-state index contributed by atoms with van der Waals surface area (Å²) in [6.07, 6.45) is 2.90. The quantitative estimate of drug-likeness (QED) is 0.446. The molecule has 31 heavy (non-hydrogen) atoms. The average molecular weight is 419 g/mol. The second-order valence-corrected chi connectivity index (χ2v) is 6.88. The van der Waals surface area contributed by atoms with E-state index in [0.717, 1.165) is 21.2 Å². The van der Waals surface area contributed by atoms with Crippen molar-refractivity contribution in [2.75, 3.05) is 5.32 Å². The predicted molar refractivity (Wildman–Crippen MR) is 113 cm³/mol. The number of carbonyl (C=O) groups excluding carboxylic acids is 2. The fourth-order valence-corrected chi connectivity index (χ4v) is 3.02. The molecule has 156 valence electrons. The van der Waals surface area contributed by atoms with Crippen LogP contribution in [-0.4, -0.2) is 26.3 Å². The Hall–Kier alpha value is -4.27. The molecule has 0 aliphatic rings. The van der Waals surface area contributed by atoms with E-state index in [0.29, 0.717) is 5.69 Å². The summed E-state index contributed by atoms with van der Waals surface area (Å²) in [4.78, 5) is 44.0. The van der Waals surface area contributed by atoms with Crippen LogP contribution < -0.4 is 16.2 Å². The van der Waals surface area contributed by atoms with Crippen LogP contribution in [0.3, 0.4) is 0 Å². The average Bonchev–Trinajstić information content (AvgIpc) is 3.23. The largest absolute Gasteiger partial charge is 0.350 e. The number of nitrogens with one attached hydrogen (secondary N) is 3. The summed E-state index contributed by atoms with van der Waals surface area (Å²) in [6, 6.07) is 13.6. The van der Waals surface area contributed by atoms with Crippen LogP contribution in [0.2, 0.25) is 0 Å². The molecule has 8 nitrogen and oxygen atoms in total. The van der Waals surface area contributed by atoms with Crippen LogP contribution in [0.4, 0.5) is 10.1 Å². The third kappa shape index (κ3) is 4.84. The van der Waals surface area contributed by atoms with E-state index < -0.39 is 17.4 Å². The number of H-pyrrole nitrogens is 1. The maximum atomic E-state index is 12.9. The minimum atomic E-state index is -0.417. The van der Waals surface area contributed by atoms with E-state index >= 15 is 0 Å². The number of fused-ring (bicyclic) bond motifs is 1. The lowest BCUT2D eigenvalue weighted by molar-refractivity contribution is -0.121. The molecule has 0 bridgehead atoms. The van der Waals surface area contributed by atoms with Crippen LogP contribution in [0.1, 0.15) is 15.9 Å². The molecule has 2 aromatic heterocycles. The molecule has 0 spiro atoms. The summed E-state index contributed by atoms with van der Waals surface area (Å²) in [6.45, 7) is -0.0502. The van der Waals surface area contributed by atoms with Gasteiger partial charge >= 0.3 is 0 Å². The molecule has 0 saturated heterocycles. The second-order valence-electron chi connectivity index (χ2n) is 6.88. The van der Waals surface area contributed by atoms with Gasteiger partial charge in [0.1, 0.15) is 12.4 Å². The van der Waals surface area contributed by atoms with Gasteiger partial charge in [-0.1, -0.05) is 12.1 Å². The van der Waals surface area contributed by atoms with Crippen molar-refractivity contribution in [1.82, 2.24) is 19.9 Å². The van der Waals surface area contributed by atoms with Crippen LogP contribution in [0.25, 0.3) is 11.0 Å². The molecule has 0 atom stereocenters. The number of halogens is 1. The molecule has 2 aromatic carbocycles. The minimum Gasteiger partial charge on any atom is -0.350 e. The summed E-state index contributed by atoms with van der Waals surface area (Å²) in [7, 11) is 0. The van der Waals surface area contributed by atoms with E-state index in [1.54, 1.807) is 36.7 Å². The van der Waals surface area contributed by atoms with Gasteiger partial charge in [0.25, 0.3) is 11.5 Å². The Kier molecular flexibility index (Phi) is 5.57. The molecule has 3 N–H and O–H groups in total. The van der Waals surface area contributed by atoms with Gasteiger partial charge in [0.05, 0.1) is 22.9 Å². The maximum Gasteiger partial charge on any atom is 0.257 e. The van der Waals surface area contributed by atoms with Crippen molar-refractivity contribution >= 4 is 28.5 Å². The highest BCUT2D eigenvalue weighted by Gasteiger charge is 2.11. The van der Waals surface area contributed by atoms with Crippen molar-refractivity contribution in [2.45, 2.75) is 13.1 Å². The monoisotopic (exact) mass is 419 g/mol. The number of nitrogens with zero attached hydrogens (tertiary/aromatic N) is 2. The Morgan fingerprint density at radius 3 is 2.68 bits per heavy atom. The normalized spacial score (nSPS) is 10.7. The van der Waals surface area contributed by atoms with Crippen molar-refractivity contribution < 1.29 is 14.0 Å². The topological polar surface area (TPSA) is 109 Å². The molecule has 4 aromatic rings. The van der Waals surface area contributed by atoms with Gasteiger partial charge < -0.3 is 20.2 Å². The summed E-state index contributed by atoms with van der Waals surface area (Å²) in [5.41, 5.74) is 2.67. The SMILES string of the molecule is O=C(Cn1cc(C(=O)Nc2ccc3nc[nH]c3c2)ccc1=O)NCc1ccc(F)cc1. The van der Waals surface area contributed by atoms with Gasteiger partial charge in [-0.15, -0.1) is 0 Å². The van der Waals surface area contributed by atoms with Crippen molar-refractivity contribution in [1.29, 1.82) is 0 Å². The molecule has 0 saturated carbocycles. The summed E-state index contributed by atoms with van der Waals surface area (Å²) < 4.78 is 14.1. The number of amides is 2. The molecule has 2 heterocycles. The predicted octanol–water partition coefficient (Wildman–Crippen LogP) is 2.43. The van der Waals surface area contributed by atoms with Crippen molar-refractivity contribution in [3.05, 3.63) is 94.4 Å². The lowest BCUT2D eigenvalue weighted by Crippen LogP contribution is -2.32. The maximum absolute atomic E-state index is 12.9. The molecule has 0 radical (unpaired) electrons. The zero-order chi connectivity index (χ0) is 21.8. The van der Waals surface area contributed by atoms with Crippen LogP contribution in [0, 0.1) is 5.82 Å². The fraction of sp³-hybridized carbons (Fsp3) is 0.0909. The van der Waals surface area contributed by atoms with Gasteiger partial charge in [0.2, 0.25) is 5.91 Å². The van der Waals surface area contributed by atoms with E-state index in [-0.39, 0.29) is 24.5 Å². The molecule has 2 amide bonds. The Morgan fingerprint density at radius 2 is 1.87 bits per heavy atom. The Bertz CT molecular complexity index is 1310. The number of benzene rings is 2. The first-order chi connectivity index (χ1) is 15.0. The summed E-state index contributed by atoms with van der Waals surface area (Å²) in [5.74, 6) is -1.19. The number of imidazole rings is 1. The number of hydrogen-bond acceptors (Lipinski definition) is 4. The van der Waals surface area contributed by atoms with E-state index in [4.69, 9.17) is 0 Å². The molecule has 0 aliphatic heterocycles. The molecular weight excluding hydrogens is 401 g/mol. The number of pyridine rings is 1. The third-order valence-electron chi connectivity index (χ3n) is 4.64. The first kappa shape index (κ1) is 20.0. The zero-order valence-corrected chi connectivity index (χ0v) is 16.3. The van der Waals surface area contributed by atoms with Crippen LogP contribution in [0.15, 0.2) is 71.9 Å². The van der Waals surface area contributed by atoms with Crippen molar-refractivity contribution in [3.63, 3.8) is 0 Å². The summed E-state index contributed by atoms with van der Waals surface area (Å²) >= 11 is 0. The van der Waals surface area contributed by atoms with Gasteiger partial charge in [0.15, 0.2) is 0 Å².